The minimum atomic E-state index is -3.66. The van der Waals surface area contributed by atoms with E-state index in [0.717, 1.165) is 58.0 Å². The molecule has 182 valence electrons. The molecule has 1 saturated heterocycles. The van der Waals surface area contributed by atoms with Gasteiger partial charge in [-0.2, -0.15) is 4.31 Å². The first kappa shape index (κ1) is 25.4. The normalized spacial score (nSPS) is 15.6. The summed E-state index contributed by atoms with van der Waals surface area (Å²) in [6, 6.07) is 5.83. The molecule has 2 N–H and O–H groups in total. The van der Waals surface area contributed by atoms with E-state index in [0.29, 0.717) is 30.5 Å². The Balaban J connectivity index is 1.79. The fraction of sp³-hybridized carbons (Fsp3) is 0.583. The highest BCUT2D eigenvalue weighted by Crippen LogP contribution is 2.24. The van der Waals surface area contributed by atoms with Crippen LogP contribution in [-0.2, 0) is 10.0 Å². The summed E-state index contributed by atoms with van der Waals surface area (Å²) in [5.74, 6) is -0.369. The third-order valence-electron chi connectivity index (χ3n) is 6.16. The lowest BCUT2D eigenvalue weighted by atomic mass is 10.1. The van der Waals surface area contributed by atoms with Gasteiger partial charge in [-0.1, -0.05) is 26.2 Å². The lowest BCUT2D eigenvalue weighted by Gasteiger charge is -2.20. The van der Waals surface area contributed by atoms with Crippen LogP contribution in [-0.4, -0.2) is 68.3 Å². The van der Waals surface area contributed by atoms with Crippen molar-refractivity contribution in [2.45, 2.75) is 56.8 Å². The van der Waals surface area contributed by atoms with Gasteiger partial charge in [0, 0.05) is 36.6 Å². The molecule has 2 heterocycles. The van der Waals surface area contributed by atoms with E-state index in [1.54, 1.807) is 6.07 Å². The molecule has 1 aromatic heterocycles. The molecule has 33 heavy (non-hydrogen) atoms. The highest BCUT2D eigenvalue weighted by molar-refractivity contribution is 7.89. The molecule has 0 atom stereocenters. The first-order chi connectivity index (χ1) is 15.8. The van der Waals surface area contributed by atoms with Crippen molar-refractivity contribution in [3.63, 3.8) is 0 Å². The largest absolute Gasteiger partial charge is 0.352 e. The number of benzene rings is 1. The van der Waals surface area contributed by atoms with E-state index in [2.05, 4.69) is 29.2 Å². The van der Waals surface area contributed by atoms with Crippen LogP contribution in [0.25, 0.3) is 10.9 Å². The van der Waals surface area contributed by atoms with Crippen LogP contribution >= 0.6 is 0 Å². The van der Waals surface area contributed by atoms with Crippen LogP contribution in [0.2, 0.25) is 0 Å². The van der Waals surface area contributed by atoms with Crippen molar-refractivity contribution < 1.29 is 13.2 Å². The second-order valence-corrected chi connectivity index (χ2v) is 10.8. The van der Waals surface area contributed by atoms with Gasteiger partial charge in [-0.25, -0.2) is 8.42 Å². The first-order valence-electron chi connectivity index (χ1n) is 12.0. The monoisotopic (exact) mass is 476 g/mol. The van der Waals surface area contributed by atoms with Crippen molar-refractivity contribution in [1.29, 1.82) is 0 Å². The molecule has 0 spiro atoms. The third kappa shape index (κ3) is 6.65. The Morgan fingerprint density at radius 2 is 1.79 bits per heavy atom. The highest BCUT2D eigenvalue weighted by atomic mass is 32.2. The van der Waals surface area contributed by atoms with Gasteiger partial charge in [-0.05, 0) is 64.0 Å². The number of rotatable bonds is 10. The molecule has 0 aliphatic carbocycles. The van der Waals surface area contributed by atoms with Gasteiger partial charge in [-0.3, -0.25) is 9.59 Å². The van der Waals surface area contributed by atoms with E-state index < -0.39 is 15.6 Å². The van der Waals surface area contributed by atoms with Gasteiger partial charge in [0.1, 0.15) is 0 Å². The number of pyridine rings is 1. The topological polar surface area (TPSA) is 103 Å². The van der Waals surface area contributed by atoms with Crippen molar-refractivity contribution in [2.24, 2.45) is 0 Å². The molecule has 1 fully saturated rings. The predicted molar refractivity (Wildman–Crippen MR) is 131 cm³/mol. The first-order valence-corrected chi connectivity index (χ1v) is 13.4. The number of hydrogen-bond donors (Lipinski definition) is 2. The number of amides is 1. The van der Waals surface area contributed by atoms with Crippen molar-refractivity contribution in [3.8, 4) is 0 Å². The molecule has 3 rings (SSSR count). The predicted octanol–water partition coefficient (Wildman–Crippen LogP) is 2.94. The molecular formula is C24H36N4O4S. The maximum Gasteiger partial charge on any atom is 0.252 e. The smallest absolute Gasteiger partial charge is 0.252 e. The minimum Gasteiger partial charge on any atom is -0.352 e. The molecule has 1 amide bonds. The number of H-pyrrole nitrogens is 1. The van der Waals surface area contributed by atoms with E-state index in [4.69, 9.17) is 0 Å². The lowest BCUT2D eigenvalue weighted by Crippen LogP contribution is -2.32. The molecule has 2 aromatic rings. The average Bonchev–Trinajstić information content (AvgIpc) is 3.09. The van der Waals surface area contributed by atoms with E-state index in [-0.39, 0.29) is 16.4 Å². The van der Waals surface area contributed by atoms with Crippen molar-refractivity contribution in [2.75, 3.05) is 39.8 Å². The van der Waals surface area contributed by atoms with Crippen LogP contribution in [0, 0.1) is 0 Å². The number of fused-ring (bicyclic) bond motifs is 1. The highest BCUT2D eigenvalue weighted by Gasteiger charge is 2.26. The zero-order valence-electron chi connectivity index (χ0n) is 19.7. The quantitative estimate of drug-likeness (QED) is 0.513. The number of nitrogens with zero attached hydrogens (tertiary/aromatic N) is 2. The lowest BCUT2D eigenvalue weighted by molar-refractivity contribution is 0.0953. The summed E-state index contributed by atoms with van der Waals surface area (Å²) in [5.41, 5.74) is 0.248. The Morgan fingerprint density at radius 1 is 1.09 bits per heavy atom. The number of carbonyl (C=O) groups excluding carboxylic acids is 1. The molecule has 1 aliphatic rings. The summed E-state index contributed by atoms with van der Waals surface area (Å²) in [6.45, 7) is 5.55. The van der Waals surface area contributed by atoms with Gasteiger partial charge >= 0.3 is 0 Å². The third-order valence-corrected chi connectivity index (χ3v) is 8.05. The van der Waals surface area contributed by atoms with Crippen LogP contribution in [0.15, 0.2) is 34.0 Å². The fourth-order valence-electron chi connectivity index (χ4n) is 4.20. The number of aromatic nitrogens is 1. The van der Waals surface area contributed by atoms with Crippen LogP contribution in [0.3, 0.4) is 0 Å². The number of carbonyl (C=O) groups is 1. The van der Waals surface area contributed by atoms with Gasteiger partial charge in [0.25, 0.3) is 5.91 Å². The molecule has 9 heteroatoms. The number of nitrogens with one attached hydrogen (secondary N) is 2. The minimum absolute atomic E-state index is 0.149. The second kappa shape index (κ2) is 11.8. The summed E-state index contributed by atoms with van der Waals surface area (Å²) >= 11 is 0. The summed E-state index contributed by atoms with van der Waals surface area (Å²) < 4.78 is 28.0. The number of hydrogen-bond acceptors (Lipinski definition) is 5. The van der Waals surface area contributed by atoms with Crippen LogP contribution in [0.5, 0.6) is 0 Å². The Labute approximate surface area is 196 Å². The van der Waals surface area contributed by atoms with Crippen LogP contribution < -0.4 is 10.9 Å². The molecule has 0 radical (unpaired) electrons. The maximum atomic E-state index is 13.2. The molecule has 0 unspecified atom stereocenters. The molecule has 0 saturated carbocycles. The van der Waals surface area contributed by atoms with Gasteiger partial charge in [-0.15, -0.1) is 0 Å². The molecule has 1 aromatic carbocycles. The van der Waals surface area contributed by atoms with E-state index >= 15 is 0 Å². The summed E-state index contributed by atoms with van der Waals surface area (Å²) in [6.07, 6.45) is 6.84. The molecule has 8 nitrogen and oxygen atoms in total. The fourth-order valence-corrected chi connectivity index (χ4v) is 5.74. The van der Waals surface area contributed by atoms with Crippen LogP contribution in [0.1, 0.15) is 62.2 Å². The van der Waals surface area contributed by atoms with Crippen molar-refractivity contribution in [1.82, 2.24) is 19.5 Å². The molecular weight excluding hydrogens is 440 g/mol. The Bertz CT molecular complexity index is 1110. The zero-order chi connectivity index (χ0) is 23.8. The Morgan fingerprint density at radius 3 is 2.48 bits per heavy atom. The molecule has 0 bridgehead atoms. The van der Waals surface area contributed by atoms with Crippen LogP contribution in [0.4, 0.5) is 0 Å². The van der Waals surface area contributed by atoms with Gasteiger partial charge < -0.3 is 15.2 Å². The van der Waals surface area contributed by atoms with Crippen molar-refractivity contribution >= 4 is 26.8 Å². The van der Waals surface area contributed by atoms with Crippen molar-refractivity contribution in [3.05, 3.63) is 40.2 Å². The average molecular weight is 477 g/mol. The SMILES string of the molecule is CCCCN(C)CCCNC(=O)c1cc(=O)[nH]c2ccc(S(=O)(=O)N3CCCCCC3)cc12. The van der Waals surface area contributed by atoms with Gasteiger partial charge in [0.05, 0.1) is 10.5 Å². The van der Waals surface area contributed by atoms with E-state index in [1.807, 2.05) is 0 Å². The van der Waals surface area contributed by atoms with Gasteiger partial charge in [0.15, 0.2) is 0 Å². The Kier molecular flexibility index (Phi) is 9.05. The zero-order valence-corrected chi connectivity index (χ0v) is 20.5. The standard InChI is InChI=1S/C24H36N4O4S/c1-3-4-13-27(2)14-9-12-25-24(30)21-18-23(29)26-22-11-10-19(17-20(21)22)33(31,32)28-15-7-5-6-8-16-28/h10-11,17-18H,3-9,12-16H2,1-2H3,(H,25,30)(H,26,29). The second-order valence-electron chi connectivity index (χ2n) is 8.84. The maximum absolute atomic E-state index is 13.2. The molecule has 1 aliphatic heterocycles. The summed E-state index contributed by atoms with van der Waals surface area (Å²) in [7, 11) is -1.60. The van der Waals surface area contributed by atoms with E-state index in [1.165, 1.54) is 22.5 Å². The number of unbranched alkanes of at least 4 members (excludes halogenated alkanes) is 1. The number of sulfonamides is 1. The summed E-state index contributed by atoms with van der Waals surface area (Å²) in [4.78, 5) is 30.1. The van der Waals surface area contributed by atoms with E-state index in [9.17, 15) is 18.0 Å². The Hall–Kier alpha value is -2.23. The summed E-state index contributed by atoms with van der Waals surface area (Å²) in [5, 5.41) is 3.31. The van der Waals surface area contributed by atoms with Gasteiger partial charge in [0.2, 0.25) is 15.6 Å². The number of aromatic amines is 1.